The number of hydrogen-bond donors (Lipinski definition) is 3. The summed E-state index contributed by atoms with van der Waals surface area (Å²) < 4.78 is 0. The molecule has 0 aliphatic carbocycles. The Kier molecular flexibility index (Phi) is 5.30. The Bertz CT molecular complexity index is 984. The van der Waals surface area contributed by atoms with Crippen LogP contribution < -0.4 is 16.0 Å². The van der Waals surface area contributed by atoms with Crippen LogP contribution >= 0.6 is 23.2 Å². The highest BCUT2D eigenvalue weighted by Crippen LogP contribution is 2.45. The topological polar surface area (TPSA) is 139 Å². The number of carbonyl (C=O) groups is 2. The summed E-state index contributed by atoms with van der Waals surface area (Å²) in [7, 11) is 0. The maximum atomic E-state index is 12.3. The number of hydrogen-bond acceptors (Lipinski definition) is 5. The molecule has 0 spiro atoms. The molecule has 28 heavy (non-hydrogen) atoms. The van der Waals surface area contributed by atoms with Crippen LogP contribution in [0.15, 0.2) is 36.4 Å². The molecule has 0 saturated carbocycles. The van der Waals surface area contributed by atoms with Gasteiger partial charge < -0.3 is 16.2 Å². The molecule has 3 rings (SSSR count). The first-order chi connectivity index (χ1) is 13.2. The van der Waals surface area contributed by atoms with Crippen molar-refractivity contribution in [1.82, 2.24) is 0 Å². The summed E-state index contributed by atoms with van der Waals surface area (Å²) in [5.74, 6) is -1.17. The first-order valence-electron chi connectivity index (χ1n) is 8.01. The van der Waals surface area contributed by atoms with Gasteiger partial charge in [-0.1, -0.05) is 35.3 Å². The van der Waals surface area contributed by atoms with Gasteiger partial charge in [-0.2, -0.15) is 0 Å². The maximum Gasteiger partial charge on any atom is 0.326 e. The van der Waals surface area contributed by atoms with E-state index in [-0.39, 0.29) is 27.8 Å². The molecular formula is C17H14Cl2N4O5. The van der Waals surface area contributed by atoms with Crippen molar-refractivity contribution in [3.8, 4) is 0 Å². The number of nitro benzene ring substituents is 1. The minimum atomic E-state index is -1.17. The Hall–Kier alpha value is -3.04. The predicted octanol–water partition coefficient (Wildman–Crippen LogP) is 3.80. The number of aliphatic carboxylic acids is 1. The monoisotopic (exact) mass is 424 g/mol. The molecule has 0 fully saturated rings. The highest BCUT2D eigenvalue weighted by atomic mass is 35.5. The lowest BCUT2D eigenvalue weighted by Gasteiger charge is -2.38. The molecule has 0 saturated heterocycles. The number of halogens is 2. The minimum absolute atomic E-state index is 0.0620. The van der Waals surface area contributed by atoms with E-state index < -0.39 is 29.0 Å². The zero-order valence-electron chi connectivity index (χ0n) is 14.1. The van der Waals surface area contributed by atoms with E-state index in [2.05, 4.69) is 5.32 Å². The van der Waals surface area contributed by atoms with Crippen molar-refractivity contribution < 1.29 is 19.6 Å². The molecule has 1 aliphatic heterocycles. The van der Waals surface area contributed by atoms with Gasteiger partial charge in [0.05, 0.1) is 11.0 Å². The molecule has 0 aromatic heterocycles. The highest BCUT2D eigenvalue weighted by molar-refractivity contribution is 6.35. The number of urea groups is 1. The van der Waals surface area contributed by atoms with Gasteiger partial charge in [-0.05, 0) is 18.2 Å². The number of nitrogens with one attached hydrogen (secondary N) is 1. The zero-order valence-corrected chi connectivity index (χ0v) is 15.6. The Balaban J connectivity index is 2.23. The minimum Gasteiger partial charge on any atom is -0.480 e. The summed E-state index contributed by atoms with van der Waals surface area (Å²) >= 11 is 12.3. The molecule has 1 aliphatic rings. The molecule has 0 radical (unpaired) electrons. The lowest BCUT2D eigenvalue weighted by Crippen LogP contribution is -2.46. The van der Waals surface area contributed by atoms with Gasteiger partial charge in [-0.15, -0.1) is 0 Å². The zero-order chi connectivity index (χ0) is 20.6. The van der Waals surface area contributed by atoms with E-state index >= 15 is 0 Å². The first kappa shape index (κ1) is 19.7. The molecule has 1 heterocycles. The highest BCUT2D eigenvalue weighted by Gasteiger charge is 2.39. The maximum absolute atomic E-state index is 12.3. The average Bonchev–Trinajstić information content (AvgIpc) is 2.60. The fraction of sp³-hybridized carbons (Fsp3) is 0.176. The van der Waals surface area contributed by atoms with Crippen LogP contribution in [0.2, 0.25) is 10.0 Å². The predicted molar refractivity (Wildman–Crippen MR) is 104 cm³/mol. The van der Waals surface area contributed by atoms with Gasteiger partial charge in [0.2, 0.25) is 0 Å². The van der Waals surface area contributed by atoms with Crippen LogP contribution in [0.3, 0.4) is 0 Å². The third-order valence-corrected chi connectivity index (χ3v) is 4.93. The molecule has 2 unspecified atom stereocenters. The molecule has 11 heteroatoms. The molecule has 0 bridgehead atoms. The van der Waals surface area contributed by atoms with E-state index in [1.54, 1.807) is 0 Å². The number of rotatable bonds is 4. The summed E-state index contributed by atoms with van der Waals surface area (Å²) in [6.45, 7) is 0. The van der Waals surface area contributed by atoms with Crippen LogP contribution in [0.1, 0.15) is 18.0 Å². The Morgan fingerprint density at radius 2 is 1.96 bits per heavy atom. The van der Waals surface area contributed by atoms with Crippen LogP contribution in [-0.4, -0.2) is 28.1 Å². The van der Waals surface area contributed by atoms with E-state index in [0.717, 1.165) is 4.90 Å². The number of nitrogens with two attached hydrogens (primary N) is 1. The fourth-order valence-electron chi connectivity index (χ4n) is 3.29. The van der Waals surface area contributed by atoms with Crippen LogP contribution in [0, 0.1) is 10.1 Å². The van der Waals surface area contributed by atoms with Gasteiger partial charge >= 0.3 is 12.0 Å². The SMILES string of the molecule is NC(=O)N(c1ccccc1[N+](=O)[O-])C1CC(C(=O)O)Nc2cc(Cl)cc(Cl)c21. The normalized spacial score (nSPS) is 17.9. The van der Waals surface area contributed by atoms with Crippen molar-refractivity contribution in [3.63, 3.8) is 0 Å². The first-order valence-corrected chi connectivity index (χ1v) is 8.76. The van der Waals surface area contributed by atoms with Gasteiger partial charge in [0.1, 0.15) is 11.7 Å². The van der Waals surface area contributed by atoms with E-state index in [0.29, 0.717) is 11.3 Å². The lowest BCUT2D eigenvalue weighted by atomic mass is 9.91. The Labute approximate surface area is 168 Å². The second-order valence-electron chi connectivity index (χ2n) is 6.09. The number of nitro groups is 1. The number of carbonyl (C=O) groups excluding carboxylic acids is 1. The van der Waals surface area contributed by atoms with E-state index in [1.807, 2.05) is 0 Å². The van der Waals surface area contributed by atoms with Crippen LogP contribution in [0.4, 0.5) is 21.9 Å². The summed E-state index contributed by atoms with van der Waals surface area (Å²) in [4.78, 5) is 35.7. The van der Waals surface area contributed by atoms with Crippen molar-refractivity contribution >= 4 is 52.3 Å². The number of primary amides is 1. The molecular weight excluding hydrogens is 411 g/mol. The number of nitrogens with zero attached hydrogens (tertiary/aromatic N) is 2. The number of carboxylic acid groups (broad SMARTS) is 1. The number of carboxylic acids is 1. The van der Waals surface area contributed by atoms with Gasteiger partial charge in [0.25, 0.3) is 5.69 Å². The van der Waals surface area contributed by atoms with Crippen molar-refractivity contribution in [1.29, 1.82) is 0 Å². The number of amides is 2. The van der Waals surface area contributed by atoms with Crippen molar-refractivity contribution in [2.24, 2.45) is 5.73 Å². The van der Waals surface area contributed by atoms with Crippen LogP contribution in [0.5, 0.6) is 0 Å². The summed E-state index contributed by atoms with van der Waals surface area (Å²) in [6, 6.07) is 5.44. The number of benzene rings is 2. The molecule has 4 N–H and O–H groups in total. The molecule has 2 amide bonds. The molecule has 2 aromatic rings. The Morgan fingerprint density at radius 3 is 2.57 bits per heavy atom. The van der Waals surface area contributed by atoms with E-state index in [9.17, 15) is 24.8 Å². The molecule has 2 aromatic carbocycles. The quantitative estimate of drug-likeness (QED) is 0.503. The molecule has 2 atom stereocenters. The van der Waals surface area contributed by atoms with Gasteiger partial charge in [-0.3, -0.25) is 15.0 Å². The summed E-state index contributed by atoms with van der Waals surface area (Å²) in [6.07, 6.45) is -0.112. The fourth-order valence-corrected chi connectivity index (χ4v) is 3.91. The van der Waals surface area contributed by atoms with Gasteiger partial charge in [0.15, 0.2) is 0 Å². The van der Waals surface area contributed by atoms with E-state index in [4.69, 9.17) is 28.9 Å². The van der Waals surface area contributed by atoms with Gasteiger partial charge in [-0.25, -0.2) is 9.59 Å². The molecule has 146 valence electrons. The van der Waals surface area contributed by atoms with Crippen LogP contribution in [0.25, 0.3) is 0 Å². The summed E-state index contributed by atoms with van der Waals surface area (Å²) in [5.41, 5.74) is 5.83. The third-order valence-electron chi connectivity index (χ3n) is 4.40. The summed E-state index contributed by atoms with van der Waals surface area (Å²) in [5, 5.41) is 24.2. The number of fused-ring (bicyclic) bond motifs is 1. The average molecular weight is 425 g/mol. The van der Waals surface area contributed by atoms with Gasteiger partial charge in [0, 0.05) is 33.8 Å². The third kappa shape index (κ3) is 3.54. The smallest absolute Gasteiger partial charge is 0.326 e. The second-order valence-corrected chi connectivity index (χ2v) is 6.93. The number of anilines is 2. The number of para-hydroxylation sites is 2. The largest absolute Gasteiger partial charge is 0.480 e. The van der Waals surface area contributed by atoms with Crippen molar-refractivity contribution in [3.05, 3.63) is 62.1 Å². The molecule has 9 nitrogen and oxygen atoms in total. The van der Waals surface area contributed by atoms with Crippen molar-refractivity contribution in [2.75, 3.05) is 10.2 Å². The second kappa shape index (κ2) is 7.53. The van der Waals surface area contributed by atoms with Crippen molar-refractivity contribution in [2.45, 2.75) is 18.5 Å². The van der Waals surface area contributed by atoms with Crippen LogP contribution in [-0.2, 0) is 4.79 Å². The Morgan fingerprint density at radius 1 is 1.29 bits per heavy atom. The lowest BCUT2D eigenvalue weighted by molar-refractivity contribution is -0.384. The standard InChI is InChI=1S/C17H14Cl2N4O5/c18-8-5-9(19)15-10(6-8)21-11(16(24)25)7-14(15)22(17(20)26)12-3-1-2-4-13(12)23(27)28/h1-6,11,14,21H,7H2,(H2,20,26)(H,24,25). The van der Waals surface area contributed by atoms with E-state index in [1.165, 1.54) is 36.4 Å².